The topological polar surface area (TPSA) is 29.5 Å². The molecule has 0 fully saturated rings. The van der Waals surface area contributed by atoms with Crippen LogP contribution in [0, 0.1) is 6.92 Å². The normalized spacial score (nSPS) is 11.5. The van der Waals surface area contributed by atoms with Crippen molar-refractivity contribution >= 4 is 11.6 Å². The van der Waals surface area contributed by atoms with Crippen molar-refractivity contribution in [3.63, 3.8) is 0 Å². The Morgan fingerprint density at radius 1 is 1.14 bits per heavy atom. The van der Waals surface area contributed by atoms with Gasteiger partial charge in [-0.2, -0.15) is 0 Å². The van der Waals surface area contributed by atoms with Crippen molar-refractivity contribution in [2.75, 3.05) is 6.61 Å². The van der Waals surface area contributed by atoms with E-state index >= 15 is 0 Å². The maximum absolute atomic E-state index is 9.48. The number of hydrogen-bond donors (Lipinski definition) is 1. The number of benzene rings is 2. The molecule has 0 aliphatic carbocycles. The minimum absolute atomic E-state index is 0.0764. The minimum atomic E-state index is -0.313. The summed E-state index contributed by atoms with van der Waals surface area (Å²) >= 11 is 6.36. The second-order valence-corrected chi connectivity index (χ2v) is 6.33. The van der Waals surface area contributed by atoms with Crippen LogP contribution < -0.4 is 4.74 Å². The van der Waals surface area contributed by atoms with Crippen LogP contribution >= 0.6 is 11.6 Å². The first kappa shape index (κ1) is 15.9. The average Bonchev–Trinajstić information content (AvgIpc) is 2.47. The van der Waals surface area contributed by atoms with Crippen molar-refractivity contribution in [1.82, 2.24) is 0 Å². The lowest BCUT2D eigenvalue weighted by atomic mass is 9.85. The fourth-order valence-electron chi connectivity index (χ4n) is 2.13. The van der Waals surface area contributed by atoms with Crippen LogP contribution in [0.3, 0.4) is 0 Å². The van der Waals surface area contributed by atoms with Crippen LogP contribution in [0.15, 0.2) is 42.5 Å². The maximum Gasteiger partial charge on any atom is 0.141 e. The van der Waals surface area contributed by atoms with Gasteiger partial charge in [0.15, 0.2) is 0 Å². The Hall–Kier alpha value is -1.51. The van der Waals surface area contributed by atoms with E-state index in [-0.39, 0.29) is 12.0 Å². The molecule has 0 amide bonds. The van der Waals surface area contributed by atoms with Crippen molar-refractivity contribution in [1.29, 1.82) is 0 Å². The van der Waals surface area contributed by atoms with Crippen LogP contribution in [0.5, 0.6) is 5.75 Å². The number of rotatable bonds is 5. The van der Waals surface area contributed by atoms with Gasteiger partial charge in [-0.1, -0.05) is 61.8 Å². The number of aryl methyl sites for hydroxylation is 1. The lowest BCUT2D eigenvalue weighted by Gasteiger charge is -2.24. The second kappa shape index (κ2) is 6.50. The molecule has 2 aromatic carbocycles. The molecule has 0 heterocycles. The third-order valence-electron chi connectivity index (χ3n) is 3.63. The van der Waals surface area contributed by atoms with E-state index in [4.69, 9.17) is 16.3 Å². The van der Waals surface area contributed by atoms with E-state index in [1.54, 1.807) is 0 Å². The quantitative estimate of drug-likeness (QED) is 0.881. The summed E-state index contributed by atoms with van der Waals surface area (Å²) in [4.78, 5) is 0. The number of hydrogen-bond acceptors (Lipinski definition) is 2. The van der Waals surface area contributed by atoms with Crippen LogP contribution in [-0.2, 0) is 12.0 Å². The molecule has 1 N–H and O–H groups in total. The van der Waals surface area contributed by atoms with E-state index in [0.29, 0.717) is 17.4 Å². The van der Waals surface area contributed by atoms with E-state index < -0.39 is 0 Å². The van der Waals surface area contributed by atoms with Crippen molar-refractivity contribution in [2.45, 2.75) is 32.8 Å². The molecule has 2 rings (SSSR count). The molecule has 0 atom stereocenters. The summed E-state index contributed by atoms with van der Waals surface area (Å²) < 4.78 is 5.86. The van der Waals surface area contributed by atoms with Gasteiger partial charge in [-0.3, -0.25) is 0 Å². The largest absolute Gasteiger partial charge is 0.487 e. The molecule has 3 heteroatoms. The highest BCUT2D eigenvalue weighted by molar-refractivity contribution is 6.32. The number of aliphatic hydroxyl groups is 1. The number of ether oxygens (including phenoxy) is 1. The lowest BCUT2D eigenvalue weighted by molar-refractivity contribution is 0.218. The Balaban J connectivity index is 2.22. The van der Waals surface area contributed by atoms with Gasteiger partial charge < -0.3 is 9.84 Å². The molecule has 2 nitrogen and oxygen atoms in total. The number of aliphatic hydroxyl groups excluding tert-OH is 1. The SMILES string of the molecule is Cc1cc(C(C)(C)CO)cc(Cl)c1OCc1ccccc1. The Kier molecular flexibility index (Phi) is 4.92. The van der Waals surface area contributed by atoms with Crippen molar-refractivity contribution in [2.24, 2.45) is 0 Å². The molecule has 0 saturated heterocycles. The van der Waals surface area contributed by atoms with Crippen molar-refractivity contribution in [3.05, 3.63) is 64.2 Å². The van der Waals surface area contributed by atoms with Gasteiger partial charge >= 0.3 is 0 Å². The predicted octanol–water partition coefficient (Wildman–Crippen LogP) is 4.50. The van der Waals surface area contributed by atoms with Gasteiger partial charge in [-0.05, 0) is 29.7 Å². The zero-order valence-corrected chi connectivity index (χ0v) is 13.4. The predicted molar refractivity (Wildman–Crippen MR) is 87.1 cm³/mol. The van der Waals surface area contributed by atoms with E-state index in [1.807, 2.05) is 63.2 Å². The highest BCUT2D eigenvalue weighted by Crippen LogP contribution is 2.35. The van der Waals surface area contributed by atoms with Crippen LogP contribution in [0.2, 0.25) is 5.02 Å². The summed E-state index contributed by atoms with van der Waals surface area (Å²) in [5.41, 5.74) is 2.79. The Morgan fingerprint density at radius 2 is 1.81 bits per heavy atom. The molecular formula is C18H21ClO2. The summed E-state index contributed by atoms with van der Waals surface area (Å²) in [5.74, 6) is 0.706. The monoisotopic (exact) mass is 304 g/mol. The molecule has 0 saturated carbocycles. The van der Waals surface area contributed by atoms with Crippen LogP contribution in [-0.4, -0.2) is 11.7 Å². The first-order valence-corrected chi connectivity index (χ1v) is 7.40. The fraction of sp³-hybridized carbons (Fsp3) is 0.333. The Morgan fingerprint density at radius 3 is 2.38 bits per heavy atom. The Labute approximate surface area is 131 Å². The smallest absolute Gasteiger partial charge is 0.141 e. The molecule has 0 radical (unpaired) electrons. The van der Waals surface area contributed by atoms with Gasteiger partial charge in [0.1, 0.15) is 12.4 Å². The highest BCUT2D eigenvalue weighted by atomic mass is 35.5. The van der Waals surface area contributed by atoms with Crippen LogP contribution in [0.4, 0.5) is 0 Å². The van der Waals surface area contributed by atoms with Gasteiger partial charge in [-0.15, -0.1) is 0 Å². The third-order valence-corrected chi connectivity index (χ3v) is 3.91. The molecule has 0 aromatic heterocycles. The van der Waals surface area contributed by atoms with E-state index in [1.165, 1.54) is 0 Å². The van der Waals surface area contributed by atoms with Crippen molar-refractivity contribution in [3.8, 4) is 5.75 Å². The van der Waals surface area contributed by atoms with Gasteiger partial charge in [0, 0.05) is 5.41 Å². The standard InChI is InChI=1S/C18H21ClO2/c1-13-9-15(18(2,3)12-20)10-16(19)17(13)21-11-14-7-5-4-6-8-14/h4-10,20H,11-12H2,1-3H3. The lowest BCUT2D eigenvalue weighted by Crippen LogP contribution is -2.22. The molecule has 0 bridgehead atoms. The van der Waals surface area contributed by atoms with Crippen molar-refractivity contribution < 1.29 is 9.84 Å². The average molecular weight is 305 g/mol. The van der Waals surface area contributed by atoms with Crippen LogP contribution in [0.1, 0.15) is 30.5 Å². The first-order chi connectivity index (χ1) is 9.94. The zero-order chi connectivity index (χ0) is 15.5. The maximum atomic E-state index is 9.48. The van der Waals surface area contributed by atoms with Gasteiger partial charge in [0.2, 0.25) is 0 Å². The minimum Gasteiger partial charge on any atom is -0.487 e. The van der Waals surface area contributed by atoms with E-state index in [0.717, 1.165) is 16.7 Å². The molecular weight excluding hydrogens is 284 g/mol. The van der Waals surface area contributed by atoms with Gasteiger partial charge in [0.25, 0.3) is 0 Å². The van der Waals surface area contributed by atoms with Gasteiger partial charge in [0.05, 0.1) is 11.6 Å². The molecule has 112 valence electrons. The summed E-state index contributed by atoms with van der Waals surface area (Å²) in [5, 5.41) is 10.1. The van der Waals surface area contributed by atoms with E-state index in [2.05, 4.69) is 0 Å². The highest BCUT2D eigenvalue weighted by Gasteiger charge is 2.22. The second-order valence-electron chi connectivity index (χ2n) is 5.92. The van der Waals surface area contributed by atoms with Crippen LogP contribution in [0.25, 0.3) is 0 Å². The fourth-order valence-corrected chi connectivity index (χ4v) is 2.45. The third kappa shape index (κ3) is 3.78. The molecule has 0 aliphatic heterocycles. The molecule has 21 heavy (non-hydrogen) atoms. The molecule has 0 aliphatic rings. The Bertz CT molecular complexity index is 583. The molecule has 2 aromatic rings. The summed E-state index contributed by atoms with van der Waals surface area (Å²) in [7, 11) is 0. The summed E-state index contributed by atoms with van der Waals surface area (Å²) in [6.45, 7) is 6.52. The molecule has 0 spiro atoms. The number of halogens is 1. The summed E-state index contributed by atoms with van der Waals surface area (Å²) in [6.07, 6.45) is 0. The van der Waals surface area contributed by atoms with E-state index in [9.17, 15) is 5.11 Å². The first-order valence-electron chi connectivity index (χ1n) is 7.02. The molecule has 0 unspecified atom stereocenters. The summed E-state index contributed by atoms with van der Waals surface area (Å²) in [6, 6.07) is 13.9. The zero-order valence-electron chi connectivity index (χ0n) is 12.7. The van der Waals surface area contributed by atoms with Gasteiger partial charge in [-0.25, -0.2) is 0 Å².